The minimum Gasteiger partial charge on any atom is -0.352 e. The molecule has 4 heterocycles. The average Bonchev–Trinajstić information content (AvgIpc) is 2.85. The molecule has 11 heteroatoms. The number of nitrogens with one attached hydrogen (secondary N) is 2. The summed E-state index contributed by atoms with van der Waals surface area (Å²) < 4.78 is 27.9. The quantitative estimate of drug-likeness (QED) is 0.587. The summed E-state index contributed by atoms with van der Waals surface area (Å²) in [5, 5.41) is 14.5. The second kappa shape index (κ2) is 8.75. The zero-order valence-electron chi connectivity index (χ0n) is 17.8. The third-order valence-corrected chi connectivity index (χ3v) is 7.67. The van der Waals surface area contributed by atoms with Crippen molar-refractivity contribution in [3.63, 3.8) is 0 Å². The van der Waals surface area contributed by atoms with Crippen LogP contribution in [-0.2, 0) is 21.2 Å². The number of rotatable bonds is 5. The summed E-state index contributed by atoms with van der Waals surface area (Å²) in [5.41, 5.74) is 2.41. The normalized spacial score (nSPS) is 16.7. The third-order valence-electron chi connectivity index (χ3n) is 5.78. The number of hydrogen-bond donors (Lipinski definition) is 2. The van der Waals surface area contributed by atoms with Gasteiger partial charge in [0.25, 0.3) is 0 Å². The highest BCUT2D eigenvalue weighted by Gasteiger charge is 2.30. The molecule has 3 aromatic rings. The number of hydrogen-bond acceptors (Lipinski definition) is 8. The number of benzene rings is 1. The van der Waals surface area contributed by atoms with Gasteiger partial charge in [-0.3, -0.25) is 9.78 Å². The van der Waals surface area contributed by atoms with Crippen LogP contribution in [0, 0.1) is 0 Å². The largest absolute Gasteiger partial charge is 0.352 e. The lowest BCUT2D eigenvalue weighted by Gasteiger charge is -2.34. The van der Waals surface area contributed by atoms with Crippen molar-refractivity contribution in [2.75, 3.05) is 41.7 Å². The molecule has 170 valence electrons. The molecule has 1 fully saturated rings. The van der Waals surface area contributed by atoms with Crippen LogP contribution in [0.2, 0.25) is 0 Å². The van der Waals surface area contributed by atoms with Gasteiger partial charge in [-0.05, 0) is 54.4 Å². The summed E-state index contributed by atoms with van der Waals surface area (Å²) in [6, 6.07) is 12.3. The van der Waals surface area contributed by atoms with E-state index in [0.29, 0.717) is 56.3 Å². The zero-order valence-corrected chi connectivity index (χ0v) is 18.6. The Kier molecular flexibility index (Phi) is 5.65. The summed E-state index contributed by atoms with van der Waals surface area (Å²) in [7, 11) is -3.61. The molecule has 0 aliphatic carbocycles. The molecule has 0 spiro atoms. The van der Waals surface area contributed by atoms with Gasteiger partial charge in [-0.15, -0.1) is 10.2 Å². The van der Waals surface area contributed by atoms with Crippen LogP contribution in [0.5, 0.6) is 0 Å². The smallest absolute Gasteiger partial charge is 0.243 e. The van der Waals surface area contributed by atoms with Gasteiger partial charge in [-0.2, -0.15) is 4.31 Å². The summed E-state index contributed by atoms with van der Waals surface area (Å²) in [6.07, 6.45) is 4.30. The Bertz CT molecular complexity index is 1260. The molecule has 5 rings (SSSR count). The Labute approximate surface area is 191 Å². The molecule has 1 amide bonds. The second-order valence-corrected chi connectivity index (χ2v) is 9.83. The maximum absolute atomic E-state index is 13.2. The topological polar surface area (TPSA) is 120 Å². The van der Waals surface area contributed by atoms with Gasteiger partial charge in [0.15, 0.2) is 11.6 Å². The molecule has 0 atom stereocenters. The number of aromatic nitrogens is 3. The van der Waals surface area contributed by atoms with Crippen molar-refractivity contribution in [3.05, 3.63) is 60.4 Å². The van der Waals surface area contributed by atoms with E-state index in [0.717, 1.165) is 11.3 Å². The minimum absolute atomic E-state index is 0.0430. The van der Waals surface area contributed by atoms with Gasteiger partial charge in [-0.25, -0.2) is 8.42 Å². The SMILES string of the molecule is O=C1CCc2cc(S(=O)(=O)N3CCN(c4ccc(Nc5ccncc5)nn4)CC3)ccc2N1. The van der Waals surface area contributed by atoms with E-state index in [1.807, 2.05) is 29.2 Å². The molecule has 0 bridgehead atoms. The van der Waals surface area contributed by atoms with Crippen molar-refractivity contribution in [1.29, 1.82) is 0 Å². The van der Waals surface area contributed by atoms with Gasteiger partial charge in [0.05, 0.1) is 4.90 Å². The fourth-order valence-electron chi connectivity index (χ4n) is 3.97. The van der Waals surface area contributed by atoms with Crippen LogP contribution < -0.4 is 15.5 Å². The fourth-order valence-corrected chi connectivity index (χ4v) is 5.44. The van der Waals surface area contributed by atoms with Crippen LogP contribution in [0.4, 0.5) is 23.0 Å². The Hall–Kier alpha value is -3.57. The van der Waals surface area contributed by atoms with Crippen molar-refractivity contribution in [3.8, 4) is 0 Å². The molecule has 2 N–H and O–H groups in total. The fraction of sp³-hybridized carbons (Fsp3) is 0.273. The lowest BCUT2D eigenvalue weighted by atomic mass is 10.0. The van der Waals surface area contributed by atoms with E-state index in [-0.39, 0.29) is 10.8 Å². The third kappa shape index (κ3) is 4.50. The van der Waals surface area contributed by atoms with Crippen molar-refractivity contribution in [1.82, 2.24) is 19.5 Å². The van der Waals surface area contributed by atoms with Crippen molar-refractivity contribution >= 4 is 38.9 Å². The molecule has 1 saturated heterocycles. The average molecular weight is 466 g/mol. The first kappa shape index (κ1) is 21.3. The predicted octanol–water partition coefficient (Wildman–Crippen LogP) is 2.01. The number of nitrogens with zero attached hydrogens (tertiary/aromatic N) is 5. The maximum Gasteiger partial charge on any atom is 0.243 e. The van der Waals surface area contributed by atoms with Gasteiger partial charge in [0.2, 0.25) is 15.9 Å². The van der Waals surface area contributed by atoms with E-state index in [1.54, 1.807) is 30.6 Å². The van der Waals surface area contributed by atoms with Crippen LogP contribution >= 0.6 is 0 Å². The monoisotopic (exact) mass is 465 g/mol. The molecule has 33 heavy (non-hydrogen) atoms. The van der Waals surface area contributed by atoms with E-state index in [2.05, 4.69) is 25.8 Å². The summed E-state index contributed by atoms with van der Waals surface area (Å²) in [4.78, 5) is 17.8. The van der Waals surface area contributed by atoms with Crippen LogP contribution in [-0.4, -0.2) is 60.0 Å². The first-order chi connectivity index (χ1) is 16.0. The van der Waals surface area contributed by atoms with Gasteiger partial charge >= 0.3 is 0 Å². The molecule has 2 aliphatic heterocycles. The number of carbonyl (C=O) groups excluding carboxylic acids is 1. The number of anilines is 4. The van der Waals surface area contributed by atoms with E-state index in [9.17, 15) is 13.2 Å². The Morgan fingerprint density at radius 2 is 1.70 bits per heavy atom. The second-order valence-electron chi connectivity index (χ2n) is 7.90. The summed E-state index contributed by atoms with van der Waals surface area (Å²) >= 11 is 0. The first-order valence-corrected chi connectivity index (χ1v) is 12.1. The molecular formula is C22H23N7O3S. The zero-order chi connectivity index (χ0) is 22.8. The highest BCUT2D eigenvalue weighted by molar-refractivity contribution is 7.89. The number of sulfonamides is 1. The van der Waals surface area contributed by atoms with Crippen molar-refractivity contribution in [2.24, 2.45) is 0 Å². The number of aryl methyl sites for hydroxylation is 1. The molecule has 10 nitrogen and oxygen atoms in total. The van der Waals surface area contributed by atoms with Crippen LogP contribution in [0.1, 0.15) is 12.0 Å². The van der Waals surface area contributed by atoms with Gasteiger partial charge < -0.3 is 15.5 Å². The Morgan fingerprint density at radius 3 is 2.42 bits per heavy atom. The van der Waals surface area contributed by atoms with E-state index in [1.165, 1.54) is 4.31 Å². The van der Waals surface area contributed by atoms with E-state index < -0.39 is 10.0 Å². The summed E-state index contributed by atoms with van der Waals surface area (Å²) in [6.45, 7) is 1.75. The lowest BCUT2D eigenvalue weighted by Crippen LogP contribution is -2.49. The van der Waals surface area contributed by atoms with Crippen LogP contribution in [0.15, 0.2) is 59.8 Å². The van der Waals surface area contributed by atoms with Gasteiger partial charge in [0.1, 0.15) is 0 Å². The number of pyridine rings is 1. The van der Waals surface area contributed by atoms with E-state index in [4.69, 9.17) is 0 Å². The molecule has 0 radical (unpaired) electrons. The maximum atomic E-state index is 13.2. The van der Waals surface area contributed by atoms with Crippen molar-refractivity contribution in [2.45, 2.75) is 17.7 Å². The minimum atomic E-state index is -3.61. The number of piperazine rings is 1. The molecule has 0 unspecified atom stereocenters. The number of amides is 1. The Morgan fingerprint density at radius 1 is 0.909 bits per heavy atom. The molecule has 0 saturated carbocycles. The number of carbonyl (C=O) groups is 1. The Balaban J connectivity index is 1.23. The van der Waals surface area contributed by atoms with E-state index >= 15 is 0 Å². The summed E-state index contributed by atoms with van der Waals surface area (Å²) in [5.74, 6) is 1.28. The van der Waals surface area contributed by atoms with Gasteiger partial charge in [0, 0.05) is 56.4 Å². The lowest BCUT2D eigenvalue weighted by molar-refractivity contribution is -0.116. The first-order valence-electron chi connectivity index (χ1n) is 10.7. The van der Waals surface area contributed by atoms with Gasteiger partial charge in [-0.1, -0.05) is 0 Å². The van der Waals surface area contributed by atoms with Crippen molar-refractivity contribution < 1.29 is 13.2 Å². The highest BCUT2D eigenvalue weighted by atomic mass is 32.2. The number of fused-ring (bicyclic) bond motifs is 1. The predicted molar refractivity (Wildman–Crippen MR) is 124 cm³/mol. The van der Waals surface area contributed by atoms with Crippen LogP contribution in [0.25, 0.3) is 0 Å². The molecular weight excluding hydrogens is 442 g/mol. The molecule has 2 aliphatic rings. The standard InChI is InChI=1S/C22H23N7O3S/c30-22-6-1-16-15-18(2-3-19(16)25-22)33(31,32)29-13-11-28(12-14-29)21-5-4-20(26-27-21)24-17-7-9-23-10-8-17/h2-5,7-10,15H,1,6,11-14H2,(H,25,30)(H,23,24,26). The molecule has 2 aromatic heterocycles. The van der Waals surface area contributed by atoms with Crippen LogP contribution in [0.3, 0.4) is 0 Å². The molecule has 1 aromatic carbocycles. The highest BCUT2D eigenvalue weighted by Crippen LogP contribution is 2.28.